The number of hydrazine groups is 1. The second kappa shape index (κ2) is 12.9. The molecule has 17 heteroatoms. The van der Waals surface area contributed by atoms with Crippen LogP contribution in [-0.2, 0) is 16.1 Å². The summed E-state index contributed by atoms with van der Waals surface area (Å²) in [7, 11) is 0. The zero-order valence-corrected chi connectivity index (χ0v) is 19.0. The van der Waals surface area contributed by atoms with Gasteiger partial charge in [0.05, 0.1) is 15.9 Å². The standard InChI is InChI=1S/C20H21N7O10/c21-19(22)23-10-4-7-15(24(27(34)35)20(29)36-12-13-5-2-1-3-6-13)18(28)37-17-9-8-14(25(30)31)11-16(17)26(32)33/h1-3,5-6,8-9,11,15H,4,7,10,12H2,(H4,21,22,23)/t15-/m0/s1. The first-order valence-electron chi connectivity index (χ1n) is 10.4. The lowest BCUT2D eigenvalue weighted by atomic mass is 10.1. The zero-order valence-electron chi connectivity index (χ0n) is 19.0. The molecule has 0 aliphatic rings. The minimum absolute atomic E-state index is 0.0453. The van der Waals surface area contributed by atoms with Crippen molar-refractivity contribution < 1.29 is 33.9 Å². The third-order valence-electron chi connectivity index (χ3n) is 4.63. The van der Waals surface area contributed by atoms with Crippen molar-refractivity contribution >= 4 is 29.4 Å². The lowest BCUT2D eigenvalue weighted by Crippen LogP contribution is -2.50. The zero-order chi connectivity index (χ0) is 27.5. The summed E-state index contributed by atoms with van der Waals surface area (Å²) < 4.78 is 9.95. The van der Waals surface area contributed by atoms with Crippen molar-refractivity contribution in [3.63, 3.8) is 0 Å². The number of benzene rings is 2. The fourth-order valence-corrected chi connectivity index (χ4v) is 2.95. The molecular weight excluding hydrogens is 498 g/mol. The first kappa shape index (κ1) is 27.9. The first-order valence-corrected chi connectivity index (χ1v) is 10.4. The topological polar surface area (TPSA) is 250 Å². The number of esters is 1. The number of hydrogen-bond donors (Lipinski definition) is 2. The Morgan fingerprint density at radius 2 is 1.68 bits per heavy atom. The van der Waals surface area contributed by atoms with E-state index in [-0.39, 0.29) is 30.5 Å². The molecule has 196 valence electrons. The Balaban J connectivity index is 2.34. The third-order valence-corrected chi connectivity index (χ3v) is 4.63. The average molecular weight is 519 g/mol. The van der Waals surface area contributed by atoms with Crippen molar-refractivity contribution in [3.8, 4) is 5.75 Å². The molecule has 37 heavy (non-hydrogen) atoms. The molecule has 2 rings (SSSR count). The van der Waals surface area contributed by atoms with Gasteiger partial charge in [0.15, 0.2) is 11.0 Å². The molecule has 1 amide bonds. The summed E-state index contributed by atoms with van der Waals surface area (Å²) in [5, 5.41) is 32.7. The highest BCUT2D eigenvalue weighted by atomic mass is 16.7. The van der Waals surface area contributed by atoms with Crippen molar-refractivity contribution in [2.75, 3.05) is 6.54 Å². The van der Waals surface area contributed by atoms with Gasteiger partial charge >= 0.3 is 17.7 Å². The third kappa shape index (κ3) is 8.12. The number of hydrogen-bond acceptors (Lipinski definition) is 11. The van der Waals surface area contributed by atoms with Crippen molar-refractivity contribution in [1.82, 2.24) is 5.01 Å². The van der Waals surface area contributed by atoms with Crippen molar-refractivity contribution in [2.24, 2.45) is 16.5 Å². The molecule has 2 aromatic carbocycles. The fourth-order valence-electron chi connectivity index (χ4n) is 2.95. The Labute approximate surface area is 207 Å². The van der Waals surface area contributed by atoms with E-state index < -0.39 is 56.5 Å². The van der Waals surface area contributed by atoms with Crippen LogP contribution in [0, 0.1) is 30.3 Å². The number of rotatable bonds is 12. The van der Waals surface area contributed by atoms with E-state index in [1.807, 2.05) is 0 Å². The van der Waals surface area contributed by atoms with Gasteiger partial charge in [-0.1, -0.05) is 30.3 Å². The second-order valence-electron chi connectivity index (χ2n) is 7.17. The minimum atomic E-state index is -1.93. The lowest BCUT2D eigenvalue weighted by Gasteiger charge is -2.21. The van der Waals surface area contributed by atoms with Crippen LogP contribution in [0.2, 0.25) is 0 Å². The minimum Gasteiger partial charge on any atom is -0.441 e. The van der Waals surface area contributed by atoms with E-state index >= 15 is 0 Å². The van der Waals surface area contributed by atoms with Crippen LogP contribution in [0.4, 0.5) is 16.2 Å². The highest BCUT2D eigenvalue weighted by Crippen LogP contribution is 2.31. The molecule has 0 unspecified atom stereocenters. The van der Waals surface area contributed by atoms with Crippen molar-refractivity contribution in [3.05, 3.63) is 84.4 Å². The van der Waals surface area contributed by atoms with E-state index in [0.717, 1.165) is 12.1 Å². The van der Waals surface area contributed by atoms with E-state index in [1.165, 1.54) is 0 Å². The summed E-state index contributed by atoms with van der Waals surface area (Å²) in [6, 6.07) is 8.44. The van der Waals surface area contributed by atoms with Gasteiger partial charge in [-0.2, -0.15) is 0 Å². The normalized spacial score (nSPS) is 11.0. The molecule has 0 aromatic heterocycles. The molecule has 1 atom stereocenters. The predicted molar refractivity (Wildman–Crippen MR) is 125 cm³/mol. The molecule has 17 nitrogen and oxygen atoms in total. The summed E-state index contributed by atoms with van der Waals surface area (Å²) in [4.78, 5) is 61.3. The Morgan fingerprint density at radius 3 is 2.24 bits per heavy atom. The van der Waals surface area contributed by atoms with E-state index in [1.54, 1.807) is 30.3 Å². The molecule has 0 aliphatic carbocycles. The van der Waals surface area contributed by atoms with Gasteiger partial charge in [-0.05, 0) is 29.5 Å². The summed E-state index contributed by atoms with van der Waals surface area (Å²) in [6.45, 7) is -0.429. The summed E-state index contributed by atoms with van der Waals surface area (Å²) in [5.74, 6) is -2.44. The molecule has 0 saturated carbocycles. The number of ether oxygens (including phenoxy) is 2. The molecule has 0 radical (unpaired) electrons. The van der Waals surface area contributed by atoms with Crippen molar-refractivity contribution in [2.45, 2.75) is 25.5 Å². The van der Waals surface area contributed by atoms with Gasteiger partial charge in [-0.15, -0.1) is 0 Å². The second-order valence-corrected chi connectivity index (χ2v) is 7.17. The molecular formula is C20H21N7O10. The molecule has 0 bridgehead atoms. The van der Waals surface area contributed by atoms with Crippen LogP contribution in [0.15, 0.2) is 53.5 Å². The van der Waals surface area contributed by atoms with Gasteiger partial charge in [0, 0.05) is 12.6 Å². The smallest absolute Gasteiger partial charge is 0.441 e. The maximum Gasteiger partial charge on any atom is 0.469 e. The first-order chi connectivity index (χ1) is 17.5. The van der Waals surface area contributed by atoms with Gasteiger partial charge in [0.2, 0.25) is 11.8 Å². The monoisotopic (exact) mass is 519 g/mol. The highest BCUT2D eigenvalue weighted by Gasteiger charge is 2.42. The number of amides is 1. The largest absolute Gasteiger partial charge is 0.469 e. The lowest BCUT2D eigenvalue weighted by molar-refractivity contribution is -0.641. The number of non-ortho nitro benzene ring substituents is 1. The van der Waals surface area contributed by atoms with Gasteiger partial charge in [0.1, 0.15) is 6.61 Å². The van der Waals surface area contributed by atoms with Crippen LogP contribution < -0.4 is 16.2 Å². The van der Waals surface area contributed by atoms with E-state index in [2.05, 4.69) is 4.99 Å². The maximum absolute atomic E-state index is 12.9. The Hall–Kier alpha value is -5.35. The van der Waals surface area contributed by atoms with E-state index in [0.29, 0.717) is 11.6 Å². The van der Waals surface area contributed by atoms with E-state index in [9.17, 15) is 39.9 Å². The molecule has 0 spiro atoms. The maximum atomic E-state index is 12.9. The fraction of sp³-hybridized carbons (Fsp3) is 0.250. The summed E-state index contributed by atoms with van der Waals surface area (Å²) in [6.07, 6.45) is -1.95. The quantitative estimate of drug-likeness (QED) is 0.0772. The molecule has 0 fully saturated rings. The number of aliphatic imine (C=N–C) groups is 1. The van der Waals surface area contributed by atoms with Gasteiger partial charge < -0.3 is 20.9 Å². The number of nitro benzene ring substituents is 2. The van der Waals surface area contributed by atoms with Crippen LogP contribution in [0.3, 0.4) is 0 Å². The highest BCUT2D eigenvalue weighted by molar-refractivity contribution is 5.83. The average Bonchev–Trinajstić information content (AvgIpc) is 2.84. The molecule has 4 N–H and O–H groups in total. The van der Waals surface area contributed by atoms with Gasteiger partial charge in [0.25, 0.3) is 5.69 Å². The van der Waals surface area contributed by atoms with Crippen molar-refractivity contribution in [1.29, 1.82) is 0 Å². The number of guanidine groups is 1. The Morgan fingerprint density at radius 1 is 1.00 bits per heavy atom. The van der Waals surface area contributed by atoms with Gasteiger partial charge in [-0.25, -0.2) is 19.7 Å². The number of carbonyl (C=O) groups is 2. The number of nitro groups is 3. The van der Waals surface area contributed by atoms with Crippen LogP contribution in [0.1, 0.15) is 18.4 Å². The Kier molecular flexibility index (Phi) is 9.75. The number of carbonyl (C=O) groups excluding carboxylic acids is 2. The van der Waals surface area contributed by atoms with Gasteiger partial charge in [-0.3, -0.25) is 25.2 Å². The molecule has 0 saturated heterocycles. The summed E-state index contributed by atoms with van der Waals surface area (Å²) in [5.41, 5.74) is 9.37. The van der Waals surface area contributed by atoms with Crippen LogP contribution in [0.25, 0.3) is 0 Å². The molecule has 2 aromatic rings. The van der Waals surface area contributed by atoms with E-state index in [4.69, 9.17) is 20.9 Å². The van der Waals surface area contributed by atoms with Crippen LogP contribution in [-0.4, -0.2) is 50.5 Å². The van der Waals surface area contributed by atoms with Crippen LogP contribution >= 0.6 is 0 Å². The molecule has 0 aliphatic heterocycles. The number of nitrogens with two attached hydrogens (primary N) is 2. The molecule has 0 heterocycles. The summed E-state index contributed by atoms with van der Waals surface area (Å²) >= 11 is 0. The number of nitrogens with zero attached hydrogens (tertiary/aromatic N) is 5. The SMILES string of the molecule is NC(N)=NCCC[C@@H](C(=O)Oc1ccc([N+](=O)[O-])cc1[N+](=O)[O-])N(C(=O)OCc1ccccc1)[N+](=O)[O-]. The predicted octanol–water partition coefficient (Wildman–Crippen LogP) is 1.66. The van der Waals surface area contributed by atoms with Crippen LogP contribution in [0.5, 0.6) is 5.75 Å². The Bertz CT molecular complexity index is 1200.